The van der Waals surface area contributed by atoms with E-state index in [0.29, 0.717) is 11.4 Å². The summed E-state index contributed by atoms with van der Waals surface area (Å²) in [5.41, 5.74) is 6.21. The Morgan fingerprint density at radius 3 is 2.24 bits per heavy atom. The third kappa shape index (κ3) is 7.67. The number of sulfonamides is 2. The molecule has 120 valence electrons. The SMILES string of the molecule is CNS(=O)(=O)CCNS(=O)(=O)CCSc1ccc(N)cc1. The standard InChI is InChI=1S/C11H19N3O4S3/c1-13-20(15,16)8-6-14-21(17,18)9-7-19-11-4-2-10(12)3-5-11/h2-5,13-14H,6-9,12H2,1H3. The van der Waals surface area contributed by atoms with Gasteiger partial charge in [0.2, 0.25) is 20.0 Å². The van der Waals surface area contributed by atoms with Crippen LogP contribution in [0.25, 0.3) is 0 Å². The largest absolute Gasteiger partial charge is 0.399 e. The van der Waals surface area contributed by atoms with Gasteiger partial charge in [-0.2, -0.15) is 0 Å². The van der Waals surface area contributed by atoms with Gasteiger partial charge in [0.15, 0.2) is 0 Å². The van der Waals surface area contributed by atoms with E-state index in [-0.39, 0.29) is 18.1 Å². The number of nitrogens with one attached hydrogen (secondary N) is 2. The van der Waals surface area contributed by atoms with Crippen LogP contribution in [-0.4, -0.2) is 47.7 Å². The molecule has 0 heterocycles. The molecule has 0 aromatic heterocycles. The molecule has 0 fully saturated rings. The maximum absolute atomic E-state index is 11.7. The Balaban J connectivity index is 2.34. The van der Waals surface area contributed by atoms with E-state index in [2.05, 4.69) is 9.44 Å². The summed E-state index contributed by atoms with van der Waals surface area (Å²) in [7, 11) is -5.60. The van der Waals surface area contributed by atoms with Crippen molar-refractivity contribution in [2.45, 2.75) is 4.90 Å². The van der Waals surface area contributed by atoms with E-state index in [1.165, 1.54) is 18.8 Å². The van der Waals surface area contributed by atoms with Crippen LogP contribution in [0.15, 0.2) is 29.2 Å². The highest BCUT2D eigenvalue weighted by Crippen LogP contribution is 2.19. The normalized spacial score (nSPS) is 12.4. The molecule has 0 radical (unpaired) electrons. The Hall–Kier alpha value is -0.810. The molecule has 1 rings (SSSR count). The van der Waals surface area contributed by atoms with Crippen LogP contribution in [0.3, 0.4) is 0 Å². The van der Waals surface area contributed by atoms with Gasteiger partial charge in [0, 0.05) is 22.9 Å². The van der Waals surface area contributed by atoms with Crippen molar-refractivity contribution in [3.8, 4) is 0 Å². The smallest absolute Gasteiger partial charge is 0.212 e. The number of nitrogen functional groups attached to an aromatic ring is 1. The summed E-state index contributed by atoms with van der Waals surface area (Å²) < 4.78 is 50.1. The lowest BCUT2D eigenvalue weighted by Crippen LogP contribution is -2.34. The van der Waals surface area contributed by atoms with Crippen LogP contribution >= 0.6 is 11.8 Å². The average Bonchev–Trinajstić information content (AvgIpc) is 2.40. The predicted octanol–water partition coefficient (Wildman–Crippen LogP) is -0.170. The lowest BCUT2D eigenvalue weighted by atomic mass is 10.3. The molecule has 1 aromatic carbocycles. The first-order valence-electron chi connectivity index (χ1n) is 6.11. The minimum atomic E-state index is -3.48. The van der Waals surface area contributed by atoms with Gasteiger partial charge in [0.1, 0.15) is 0 Å². The fourth-order valence-electron chi connectivity index (χ4n) is 1.34. The maximum Gasteiger partial charge on any atom is 0.212 e. The first-order chi connectivity index (χ1) is 9.74. The van der Waals surface area contributed by atoms with E-state index < -0.39 is 20.0 Å². The van der Waals surface area contributed by atoms with E-state index >= 15 is 0 Å². The van der Waals surface area contributed by atoms with Crippen LogP contribution in [0.5, 0.6) is 0 Å². The quantitative estimate of drug-likeness (QED) is 0.419. The molecule has 0 unspecified atom stereocenters. The van der Waals surface area contributed by atoms with Gasteiger partial charge in [0.05, 0.1) is 11.5 Å². The fourth-order valence-corrected chi connectivity index (χ4v) is 4.38. The molecular formula is C11H19N3O4S3. The van der Waals surface area contributed by atoms with Crippen LogP contribution < -0.4 is 15.2 Å². The van der Waals surface area contributed by atoms with Gasteiger partial charge in [-0.05, 0) is 31.3 Å². The van der Waals surface area contributed by atoms with Gasteiger partial charge in [-0.25, -0.2) is 26.3 Å². The minimum absolute atomic E-state index is 0.0817. The Morgan fingerprint density at radius 2 is 1.67 bits per heavy atom. The highest BCUT2D eigenvalue weighted by molar-refractivity contribution is 8.00. The van der Waals surface area contributed by atoms with E-state index in [4.69, 9.17) is 5.73 Å². The average molecular weight is 353 g/mol. The molecule has 0 spiro atoms. The van der Waals surface area contributed by atoms with Crippen molar-refractivity contribution in [3.05, 3.63) is 24.3 Å². The molecule has 10 heteroatoms. The van der Waals surface area contributed by atoms with Crippen molar-refractivity contribution < 1.29 is 16.8 Å². The molecular weight excluding hydrogens is 334 g/mol. The van der Waals surface area contributed by atoms with Gasteiger partial charge >= 0.3 is 0 Å². The topological polar surface area (TPSA) is 118 Å². The monoisotopic (exact) mass is 353 g/mol. The highest BCUT2D eigenvalue weighted by Gasteiger charge is 2.12. The van der Waals surface area contributed by atoms with Crippen LogP contribution in [0.1, 0.15) is 0 Å². The first-order valence-corrected chi connectivity index (χ1v) is 10.4. The molecule has 0 aliphatic rings. The van der Waals surface area contributed by atoms with Gasteiger partial charge in [0.25, 0.3) is 0 Å². The molecule has 0 atom stereocenters. The number of anilines is 1. The second kappa shape index (κ2) is 7.99. The zero-order chi connectivity index (χ0) is 15.9. The fraction of sp³-hybridized carbons (Fsp3) is 0.455. The Bertz CT molecular complexity index is 642. The summed E-state index contributed by atoms with van der Waals surface area (Å²) in [5, 5.41) is 0. The molecule has 7 nitrogen and oxygen atoms in total. The number of hydrogen-bond donors (Lipinski definition) is 3. The zero-order valence-electron chi connectivity index (χ0n) is 11.6. The second-order valence-corrected chi connectivity index (χ2v) is 9.29. The van der Waals surface area contributed by atoms with Crippen molar-refractivity contribution in [3.63, 3.8) is 0 Å². The third-order valence-corrected chi connectivity index (χ3v) is 6.53. The van der Waals surface area contributed by atoms with Crippen molar-refractivity contribution in [1.29, 1.82) is 0 Å². The van der Waals surface area contributed by atoms with Crippen molar-refractivity contribution in [2.24, 2.45) is 0 Å². The molecule has 0 bridgehead atoms. The Kier molecular flexibility index (Phi) is 6.94. The van der Waals surface area contributed by atoms with E-state index in [1.54, 1.807) is 12.1 Å². The van der Waals surface area contributed by atoms with Gasteiger partial charge < -0.3 is 5.73 Å². The van der Waals surface area contributed by atoms with E-state index in [9.17, 15) is 16.8 Å². The number of hydrogen-bond acceptors (Lipinski definition) is 6. The molecule has 1 aromatic rings. The van der Waals surface area contributed by atoms with Crippen molar-refractivity contribution >= 4 is 37.5 Å². The minimum Gasteiger partial charge on any atom is -0.399 e. The summed E-state index contributed by atoms with van der Waals surface area (Å²) in [6, 6.07) is 7.13. The van der Waals surface area contributed by atoms with Gasteiger partial charge in [-0.1, -0.05) is 0 Å². The van der Waals surface area contributed by atoms with Gasteiger partial charge in [-0.3, -0.25) is 0 Å². The predicted molar refractivity (Wildman–Crippen MR) is 86.2 cm³/mol. The lowest BCUT2D eigenvalue weighted by molar-refractivity contribution is 0.579. The highest BCUT2D eigenvalue weighted by atomic mass is 32.2. The summed E-state index contributed by atoms with van der Waals surface area (Å²) in [6.45, 7) is -0.141. The van der Waals surface area contributed by atoms with Gasteiger partial charge in [-0.15, -0.1) is 11.8 Å². The molecule has 0 amide bonds. The van der Waals surface area contributed by atoms with E-state index in [0.717, 1.165) is 4.90 Å². The second-order valence-electron chi connectivity index (χ2n) is 4.15. The number of benzene rings is 1. The zero-order valence-corrected chi connectivity index (χ0v) is 14.0. The third-order valence-electron chi connectivity index (χ3n) is 2.50. The molecule has 0 saturated carbocycles. The number of nitrogens with two attached hydrogens (primary N) is 1. The van der Waals surface area contributed by atoms with E-state index in [1.807, 2.05) is 12.1 Å². The lowest BCUT2D eigenvalue weighted by Gasteiger charge is -2.07. The number of rotatable bonds is 9. The molecule has 0 aliphatic carbocycles. The van der Waals surface area contributed by atoms with Crippen LogP contribution in [0.2, 0.25) is 0 Å². The Morgan fingerprint density at radius 1 is 1.05 bits per heavy atom. The summed E-state index contributed by atoms with van der Waals surface area (Å²) in [4.78, 5) is 0.928. The number of thioether (sulfide) groups is 1. The molecule has 0 saturated heterocycles. The summed E-state index contributed by atoms with van der Waals surface area (Å²) in [6.07, 6.45) is 0. The van der Waals surface area contributed by atoms with Crippen LogP contribution in [-0.2, 0) is 20.0 Å². The van der Waals surface area contributed by atoms with Crippen molar-refractivity contribution in [1.82, 2.24) is 9.44 Å². The van der Waals surface area contributed by atoms with Crippen molar-refractivity contribution in [2.75, 3.05) is 36.6 Å². The summed E-state index contributed by atoms with van der Waals surface area (Å²) in [5.74, 6) is 0.00745. The Labute approximate surface area is 129 Å². The van der Waals surface area contributed by atoms with Crippen LogP contribution in [0, 0.1) is 0 Å². The maximum atomic E-state index is 11.7. The first kappa shape index (κ1) is 18.2. The molecule has 0 aliphatic heterocycles. The summed E-state index contributed by atoms with van der Waals surface area (Å²) >= 11 is 1.39. The molecule has 4 N–H and O–H groups in total. The molecule has 21 heavy (non-hydrogen) atoms. The van der Waals surface area contributed by atoms with Crippen LogP contribution in [0.4, 0.5) is 5.69 Å².